The molecule has 0 saturated heterocycles. The molecule has 0 aliphatic carbocycles. The zero-order valence-corrected chi connectivity index (χ0v) is 12.4. The summed E-state index contributed by atoms with van der Waals surface area (Å²) in [7, 11) is 1.38. The normalized spacial score (nSPS) is 11.2. The molecule has 2 heterocycles. The van der Waals surface area contributed by atoms with E-state index in [1.54, 1.807) is 12.3 Å². The zero-order valence-electron chi connectivity index (χ0n) is 11.5. The van der Waals surface area contributed by atoms with E-state index in [1.807, 2.05) is 12.3 Å². The van der Waals surface area contributed by atoms with Crippen molar-refractivity contribution in [3.63, 3.8) is 0 Å². The maximum Gasteiger partial charge on any atom is 0.306 e. The first kappa shape index (κ1) is 14.7. The Bertz CT molecular complexity index is 650. The highest BCUT2D eigenvalue weighted by atomic mass is 32.1. The highest BCUT2D eigenvalue weighted by molar-refractivity contribution is 7.15. The fourth-order valence-corrected chi connectivity index (χ4v) is 2.64. The van der Waals surface area contributed by atoms with Crippen LogP contribution in [0.25, 0.3) is 4.96 Å². The number of nitrogens with zero attached hydrogens (tertiary/aromatic N) is 3. The third kappa shape index (κ3) is 3.43. The van der Waals surface area contributed by atoms with Crippen LogP contribution in [0.3, 0.4) is 0 Å². The fraction of sp³-hybridized carbons (Fsp3) is 0.462. The van der Waals surface area contributed by atoms with Gasteiger partial charge in [0.05, 0.1) is 19.2 Å². The van der Waals surface area contributed by atoms with E-state index in [-0.39, 0.29) is 11.5 Å². The summed E-state index contributed by atoms with van der Waals surface area (Å²) in [6.07, 6.45) is 2.05. The molecule has 6 nitrogen and oxygen atoms in total. The minimum atomic E-state index is -0.231. The first-order chi connectivity index (χ1) is 9.63. The van der Waals surface area contributed by atoms with Crippen LogP contribution in [0.1, 0.15) is 19.0 Å². The maximum absolute atomic E-state index is 11.9. The molecule has 0 bridgehead atoms. The van der Waals surface area contributed by atoms with E-state index in [0.29, 0.717) is 24.5 Å². The van der Waals surface area contributed by atoms with Crippen molar-refractivity contribution in [1.29, 1.82) is 0 Å². The lowest BCUT2D eigenvalue weighted by atomic mass is 10.3. The number of esters is 1. The van der Waals surface area contributed by atoms with E-state index in [2.05, 4.69) is 14.6 Å². The van der Waals surface area contributed by atoms with E-state index in [0.717, 1.165) is 12.2 Å². The number of hydrogen-bond acceptors (Lipinski definition) is 6. The van der Waals surface area contributed by atoms with E-state index in [1.165, 1.54) is 22.8 Å². The van der Waals surface area contributed by atoms with Crippen molar-refractivity contribution < 1.29 is 9.53 Å². The minimum Gasteiger partial charge on any atom is -0.469 e. The Morgan fingerprint density at radius 2 is 2.35 bits per heavy atom. The van der Waals surface area contributed by atoms with Crippen molar-refractivity contribution >= 4 is 22.3 Å². The van der Waals surface area contributed by atoms with E-state index in [9.17, 15) is 9.59 Å². The van der Waals surface area contributed by atoms with Crippen molar-refractivity contribution in [2.45, 2.75) is 19.9 Å². The Labute approximate surface area is 120 Å². The van der Waals surface area contributed by atoms with Gasteiger partial charge < -0.3 is 4.74 Å². The third-order valence-corrected chi connectivity index (χ3v) is 3.81. The van der Waals surface area contributed by atoms with Crippen LogP contribution in [0.15, 0.2) is 22.4 Å². The standard InChI is InChI=1S/C13H17N3O3S/c1-3-15(5-4-12(18)19-2)9-10-8-11(17)16-6-7-20-13(16)14-10/h6-8H,3-5,9H2,1-2H3. The molecule has 0 unspecified atom stereocenters. The molecule has 7 heteroatoms. The highest BCUT2D eigenvalue weighted by Gasteiger charge is 2.10. The van der Waals surface area contributed by atoms with Crippen molar-refractivity contribution in [2.75, 3.05) is 20.2 Å². The van der Waals surface area contributed by atoms with Crippen LogP contribution in [0, 0.1) is 0 Å². The van der Waals surface area contributed by atoms with Gasteiger partial charge in [-0.15, -0.1) is 11.3 Å². The van der Waals surface area contributed by atoms with E-state index < -0.39 is 0 Å². The monoisotopic (exact) mass is 295 g/mol. The lowest BCUT2D eigenvalue weighted by Gasteiger charge is -2.19. The molecule has 2 rings (SSSR count). The summed E-state index contributed by atoms with van der Waals surface area (Å²) >= 11 is 1.43. The van der Waals surface area contributed by atoms with Gasteiger partial charge in [0, 0.05) is 30.7 Å². The van der Waals surface area contributed by atoms with Gasteiger partial charge in [-0.2, -0.15) is 0 Å². The van der Waals surface area contributed by atoms with Crippen LogP contribution in [0.4, 0.5) is 0 Å². The van der Waals surface area contributed by atoms with Gasteiger partial charge in [-0.05, 0) is 6.54 Å². The molecular formula is C13H17N3O3S. The molecule has 0 aliphatic heterocycles. The molecule has 0 aliphatic rings. The molecule has 0 radical (unpaired) electrons. The molecule has 0 spiro atoms. The van der Waals surface area contributed by atoms with Gasteiger partial charge in [0.2, 0.25) is 0 Å². The second-order valence-corrected chi connectivity index (χ2v) is 5.21. The average molecular weight is 295 g/mol. The molecule has 0 fully saturated rings. The van der Waals surface area contributed by atoms with Crippen LogP contribution in [-0.4, -0.2) is 40.5 Å². The first-order valence-corrected chi connectivity index (χ1v) is 7.27. The molecule has 2 aromatic heterocycles. The maximum atomic E-state index is 11.9. The van der Waals surface area contributed by atoms with Crippen molar-refractivity contribution in [1.82, 2.24) is 14.3 Å². The van der Waals surface area contributed by atoms with Gasteiger partial charge in [0.25, 0.3) is 5.56 Å². The number of carbonyl (C=O) groups is 1. The first-order valence-electron chi connectivity index (χ1n) is 6.39. The highest BCUT2D eigenvalue weighted by Crippen LogP contribution is 2.08. The molecule has 0 aromatic carbocycles. The van der Waals surface area contributed by atoms with E-state index >= 15 is 0 Å². The Morgan fingerprint density at radius 3 is 3.05 bits per heavy atom. The summed E-state index contributed by atoms with van der Waals surface area (Å²) < 4.78 is 6.16. The number of fused-ring (bicyclic) bond motifs is 1. The molecule has 0 amide bonds. The second-order valence-electron chi connectivity index (χ2n) is 4.34. The molecule has 108 valence electrons. The molecule has 2 aromatic rings. The Balaban J connectivity index is 2.09. The van der Waals surface area contributed by atoms with Gasteiger partial charge in [0.1, 0.15) is 0 Å². The Kier molecular flexibility index (Phi) is 4.86. The van der Waals surface area contributed by atoms with Crippen molar-refractivity contribution in [3.05, 3.63) is 33.7 Å². The smallest absolute Gasteiger partial charge is 0.306 e. The van der Waals surface area contributed by atoms with Gasteiger partial charge >= 0.3 is 5.97 Å². The number of carbonyl (C=O) groups excluding carboxylic acids is 1. The number of hydrogen-bond donors (Lipinski definition) is 0. The largest absolute Gasteiger partial charge is 0.469 e. The quantitative estimate of drug-likeness (QED) is 0.748. The summed E-state index contributed by atoms with van der Waals surface area (Å²) in [5.41, 5.74) is 0.652. The Hall–Kier alpha value is -1.73. The van der Waals surface area contributed by atoms with Crippen LogP contribution in [-0.2, 0) is 16.1 Å². The second kappa shape index (κ2) is 6.62. The van der Waals surface area contributed by atoms with E-state index in [4.69, 9.17) is 0 Å². The van der Waals surface area contributed by atoms with Crippen LogP contribution < -0.4 is 5.56 Å². The summed E-state index contributed by atoms with van der Waals surface area (Å²) in [4.78, 5) is 30.2. The summed E-state index contributed by atoms with van der Waals surface area (Å²) in [6, 6.07) is 1.54. The number of thiazole rings is 1. The molecule has 0 N–H and O–H groups in total. The summed E-state index contributed by atoms with van der Waals surface area (Å²) in [6.45, 7) is 3.93. The lowest BCUT2D eigenvalue weighted by molar-refractivity contribution is -0.141. The minimum absolute atomic E-state index is 0.0738. The molecule has 0 saturated carbocycles. The number of ether oxygens (including phenoxy) is 1. The number of rotatable bonds is 6. The summed E-state index contributed by atoms with van der Waals surface area (Å²) in [5.74, 6) is -0.231. The van der Waals surface area contributed by atoms with Gasteiger partial charge in [-0.25, -0.2) is 4.98 Å². The van der Waals surface area contributed by atoms with Crippen LogP contribution >= 0.6 is 11.3 Å². The Morgan fingerprint density at radius 1 is 1.55 bits per heavy atom. The van der Waals surface area contributed by atoms with Crippen LogP contribution in [0.2, 0.25) is 0 Å². The van der Waals surface area contributed by atoms with Crippen molar-refractivity contribution in [3.8, 4) is 0 Å². The predicted molar refractivity (Wildman–Crippen MR) is 76.9 cm³/mol. The lowest BCUT2D eigenvalue weighted by Crippen LogP contribution is -2.27. The van der Waals surface area contributed by atoms with Gasteiger partial charge in [0.15, 0.2) is 4.96 Å². The molecule has 20 heavy (non-hydrogen) atoms. The topological polar surface area (TPSA) is 63.9 Å². The zero-order chi connectivity index (χ0) is 14.5. The predicted octanol–water partition coefficient (Wildman–Crippen LogP) is 1.14. The number of aromatic nitrogens is 2. The number of methoxy groups -OCH3 is 1. The summed E-state index contributed by atoms with van der Waals surface area (Å²) in [5, 5.41) is 1.84. The molecule has 0 atom stereocenters. The van der Waals surface area contributed by atoms with Crippen molar-refractivity contribution in [2.24, 2.45) is 0 Å². The fourth-order valence-electron chi connectivity index (χ4n) is 1.90. The average Bonchev–Trinajstić information content (AvgIpc) is 2.91. The SMILES string of the molecule is CCN(CCC(=O)OC)Cc1cc(=O)n2ccsc2n1. The molecular weight excluding hydrogens is 278 g/mol. The van der Waals surface area contributed by atoms with Gasteiger partial charge in [-0.3, -0.25) is 18.9 Å². The van der Waals surface area contributed by atoms with Gasteiger partial charge in [-0.1, -0.05) is 6.92 Å². The van der Waals surface area contributed by atoms with Crippen LogP contribution in [0.5, 0.6) is 0 Å². The third-order valence-electron chi connectivity index (χ3n) is 3.05.